The zero-order valence-corrected chi connectivity index (χ0v) is 16.1. The molecule has 0 N–H and O–H groups in total. The van der Waals surface area contributed by atoms with Crippen LogP contribution in [0.25, 0.3) is 0 Å². The molecule has 1 fully saturated rings. The highest BCUT2D eigenvalue weighted by Crippen LogP contribution is 2.33. The normalized spacial score (nSPS) is 24.3. The maximum absolute atomic E-state index is 4.66. The second kappa shape index (κ2) is 7.25. The van der Waals surface area contributed by atoms with Gasteiger partial charge < -0.3 is 9.91 Å². The van der Waals surface area contributed by atoms with E-state index in [0.29, 0.717) is 6.04 Å². The maximum Gasteiger partial charge on any atom is 0.0749 e. The lowest BCUT2D eigenvalue weighted by Gasteiger charge is -2.48. The fourth-order valence-corrected chi connectivity index (χ4v) is 4.24. The Balaban J connectivity index is 1.46. The van der Waals surface area contributed by atoms with Crippen LogP contribution in [-0.2, 0) is 0 Å². The molecule has 1 saturated heterocycles. The molecule has 138 valence electrons. The number of hydrogen-bond acceptors (Lipinski definition) is 5. The molecular formula is C21H29N5. The van der Waals surface area contributed by atoms with Gasteiger partial charge in [-0.3, -0.25) is 9.88 Å². The first-order valence-electron chi connectivity index (χ1n) is 9.52. The quantitative estimate of drug-likeness (QED) is 0.834. The van der Waals surface area contributed by atoms with E-state index in [4.69, 9.17) is 0 Å². The van der Waals surface area contributed by atoms with Gasteiger partial charge in [0.05, 0.1) is 11.7 Å². The third kappa shape index (κ3) is 3.41. The molecule has 1 aromatic heterocycles. The minimum atomic E-state index is 0.337. The number of piperazine rings is 1. The van der Waals surface area contributed by atoms with E-state index in [1.165, 1.54) is 22.5 Å². The number of aromatic nitrogens is 1. The molecule has 0 saturated carbocycles. The Morgan fingerprint density at radius 2 is 2.12 bits per heavy atom. The molecule has 1 unspecified atom stereocenters. The molecule has 1 aromatic rings. The first kappa shape index (κ1) is 17.3. The van der Waals surface area contributed by atoms with E-state index in [1.807, 2.05) is 12.3 Å². The Bertz CT molecular complexity index is 751. The molecule has 3 aliphatic heterocycles. The van der Waals surface area contributed by atoms with Crippen LogP contribution in [0.3, 0.4) is 0 Å². The summed E-state index contributed by atoms with van der Waals surface area (Å²) in [5, 5.41) is 4.85. The summed E-state index contributed by atoms with van der Waals surface area (Å²) in [4.78, 5) is 9.46. The summed E-state index contributed by atoms with van der Waals surface area (Å²) in [6.45, 7) is 7.35. The maximum atomic E-state index is 4.66. The smallest absolute Gasteiger partial charge is 0.0749 e. The van der Waals surface area contributed by atoms with Gasteiger partial charge in [0.2, 0.25) is 0 Å². The Kier molecular flexibility index (Phi) is 4.83. The second-order valence-electron chi connectivity index (χ2n) is 7.61. The van der Waals surface area contributed by atoms with Crippen molar-refractivity contribution in [1.82, 2.24) is 24.8 Å². The van der Waals surface area contributed by atoms with Gasteiger partial charge in [-0.25, -0.2) is 5.01 Å². The van der Waals surface area contributed by atoms with Gasteiger partial charge in [0.15, 0.2) is 0 Å². The Morgan fingerprint density at radius 3 is 2.92 bits per heavy atom. The van der Waals surface area contributed by atoms with E-state index in [-0.39, 0.29) is 0 Å². The van der Waals surface area contributed by atoms with Crippen molar-refractivity contribution in [2.75, 3.05) is 46.8 Å². The van der Waals surface area contributed by atoms with Crippen LogP contribution in [0.4, 0.5) is 0 Å². The molecule has 4 heterocycles. The summed E-state index contributed by atoms with van der Waals surface area (Å²) in [5.74, 6) is 0. The van der Waals surface area contributed by atoms with Gasteiger partial charge in [-0.05, 0) is 30.5 Å². The molecule has 0 aromatic carbocycles. The van der Waals surface area contributed by atoms with Crippen LogP contribution in [0.15, 0.2) is 54.0 Å². The molecule has 26 heavy (non-hydrogen) atoms. The number of rotatable bonds is 3. The highest BCUT2D eigenvalue weighted by molar-refractivity contribution is 5.26. The molecule has 1 atom stereocenters. The van der Waals surface area contributed by atoms with Gasteiger partial charge in [0, 0.05) is 64.9 Å². The fraction of sp³-hybridized carbons (Fsp3) is 0.476. The van der Waals surface area contributed by atoms with Crippen molar-refractivity contribution < 1.29 is 0 Å². The van der Waals surface area contributed by atoms with E-state index in [1.54, 1.807) is 0 Å². The molecule has 0 bridgehead atoms. The number of likely N-dealkylation sites (N-methyl/N-ethyl adjacent to an activating group) is 1. The van der Waals surface area contributed by atoms with Crippen LogP contribution < -0.4 is 0 Å². The van der Waals surface area contributed by atoms with Gasteiger partial charge in [-0.1, -0.05) is 24.3 Å². The molecule has 0 radical (unpaired) electrons. The van der Waals surface area contributed by atoms with Crippen LogP contribution in [0.1, 0.15) is 23.7 Å². The zero-order valence-electron chi connectivity index (χ0n) is 16.1. The van der Waals surface area contributed by atoms with E-state index in [2.05, 4.69) is 76.3 Å². The van der Waals surface area contributed by atoms with Crippen molar-refractivity contribution in [1.29, 1.82) is 0 Å². The molecule has 0 amide bonds. The van der Waals surface area contributed by atoms with E-state index < -0.39 is 0 Å². The average molecular weight is 351 g/mol. The van der Waals surface area contributed by atoms with E-state index in [9.17, 15) is 0 Å². The van der Waals surface area contributed by atoms with Crippen molar-refractivity contribution in [3.05, 3.63) is 65.3 Å². The Morgan fingerprint density at radius 1 is 1.23 bits per heavy atom. The molecule has 0 spiro atoms. The number of pyridine rings is 1. The predicted octanol–water partition coefficient (Wildman–Crippen LogP) is 2.57. The van der Waals surface area contributed by atoms with Crippen molar-refractivity contribution in [3.63, 3.8) is 0 Å². The minimum Gasteiger partial charge on any atom is -0.376 e. The molecule has 0 aliphatic carbocycles. The van der Waals surface area contributed by atoms with Crippen molar-refractivity contribution in [2.24, 2.45) is 0 Å². The van der Waals surface area contributed by atoms with Crippen LogP contribution in [-0.4, -0.2) is 71.6 Å². The third-order valence-corrected chi connectivity index (χ3v) is 5.64. The lowest BCUT2D eigenvalue weighted by molar-refractivity contribution is -0.0465. The molecule has 4 rings (SSSR count). The predicted molar refractivity (Wildman–Crippen MR) is 105 cm³/mol. The summed E-state index contributed by atoms with van der Waals surface area (Å²) >= 11 is 0. The highest BCUT2D eigenvalue weighted by atomic mass is 15.6. The first-order valence-corrected chi connectivity index (χ1v) is 9.52. The monoisotopic (exact) mass is 351 g/mol. The van der Waals surface area contributed by atoms with Gasteiger partial charge in [0.25, 0.3) is 0 Å². The van der Waals surface area contributed by atoms with Crippen LogP contribution in [0, 0.1) is 6.92 Å². The molecule has 3 aliphatic rings. The average Bonchev–Trinajstić information content (AvgIpc) is 2.63. The molecule has 5 nitrogen and oxygen atoms in total. The lowest BCUT2D eigenvalue weighted by atomic mass is 10.0. The third-order valence-electron chi connectivity index (χ3n) is 5.64. The van der Waals surface area contributed by atoms with Gasteiger partial charge >= 0.3 is 0 Å². The summed E-state index contributed by atoms with van der Waals surface area (Å²) in [5.41, 5.74) is 5.31. The number of fused-ring (bicyclic) bond motifs is 1. The van der Waals surface area contributed by atoms with Crippen molar-refractivity contribution in [2.45, 2.75) is 19.4 Å². The summed E-state index contributed by atoms with van der Waals surface area (Å²) in [6, 6.07) is 4.52. The topological polar surface area (TPSA) is 25.9 Å². The largest absolute Gasteiger partial charge is 0.376 e. The van der Waals surface area contributed by atoms with Crippen LogP contribution >= 0.6 is 0 Å². The Labute approximate surface area is 156 Å². The van der Waals surface area contributed by atoms with Gasteiger partial charge in [-0.15, -0.1) is 0 Å². The van der Waals surface area contributed by atoms with Gasteiger partial charge in [0.1, 0.15) is 0 Å². The zero-order chi connectivity index (χ0) is 18.1. The van der Waals surface area contributed by atoms with Crippen LogP contribution in [0.5, 0.6) is 0 Å². The van der Waals surface area contributed by atoms with Crippen LogP contribution in [0.2, 0.25) is 0 Å². The van der Waals surface area contributed by atoms with E-state index >= 15 is 0 Å². The molecular weight excluding hydrogens is 322 g/mol. The lowest BCUT2D eigenvalue weighted by Crippen LogP contribution is -2.54. The number of hydrogen-bond donors (Lipinski definition) is 0. The first-order chi connectivity index (χ1) is 12.6. The highest BCUT2D eigenvalue weighted by Gasteiger charge is 2.33. The van der Waals surface area contributed by atoms with E-state index in [0.717, 1.165) is 39.1 Å². The summed E-state index contributed by atoms with van der Waals surface area (Å²) in [7, 11) is 4.35. The number of aryl methyl sites for hydroxylation is 1. The number of nitrogens with zero attached hydrogens (tertiary/aromatic N) is 5. The summed E-state index contributed by atoms with van der Waals surface area (Å²) < 4.78 is 0. The second-order valence-corrected chi connectivity index (χ2v) is 7.61. The molecule has 5 heteroatoms. The van der Waals surface area contributed by atoms with Crippen molar-refractivity contribution >= 4 is 0 Å². The summed E-state index contributed by atoms with van der Waals surface area (Å²) in [6.07, 6.45) is 12.2. The fourth-order valence-electron chi connectivity index (χ4n) is 4.24. The Hall–Kier alpha value is -2.11. The van der Waals surface area contributed by atoms with Gasteiger partial charge in [-0.2, -0.15) is 0 Å². The minimum absolute atomic E-state index is 0.337. The number of hydrazine groups is 1. The van der Waals surface area contributed by atoms with Crippen molar-refractivity contribution in [3.8, 4) is 0 Å². The SMILES string of the molecule is Cc1cccnc1C1CC=C2CN(CC3=CN(C)CC=C3)CCN2N1C. The standard InChI is InChI=1S/C21H29N5/c1-17-6-4-10-22-21(17)20-9-8-19-16-25(12-13-26(19)24(20)3)15-18-7-5-11-23(2)14-18/h4-8,10,14,20H,9,11-13,15-16H2,1-3H3.